The van der Waals surface area contributed by atoms with Crippen LogP contribution in [0, 0.1) is 0 Å². The Bertz CT molecular complexity index is 350. The van der Waals surface area contributed by atoms with Crippen LogP contribution in [0.4, 0.5) is 0 Å². The Morgan fingerprint density at radius 3 is 2.75 bits per heavy atom. The first kappa shape index (κ1) is 11.1. The fourth-order valence-corrected chi connectivity index (χ4v) is 2.01. The van der Waals surface area contributed by atoms with Crippen LogP contribution in [0.2, 0.25) is 0 Å². The Hall–Kier alpha value is -1.35. The van der Waals surface area contributed by atoms with Crippen molar-refractivity contribution >= 4 is 5.91 Å². The Balaban J connectivity index is 1.84. The predicted molar refractivity (Wildman–Crippen MR) is 62.0 cm³/mol. The summed E-state index contributed by atoms with van der Waals surface area (Å²) >= 11 is 0. The van der Waals surface area contributed by atoms with Crippen molar-refractivity contribution in [3.05, 3.63) is 35.9 Å². The molecule has 86 valence electrons. The summed E-state index contributed by atoms with van der Waals surface area (Å²) in [4.78, 5) is 13.4. The van der Waals surface area contributed by atoms with E-state index in [1.165, 1.54) is 5.56 Å². The van der Waals surface area contributed by atoms with Crippen molar-refractivity contribution in [1.29, 1.82) is 0 Å². The fourth-order valence-electron chi connectivity index (χ4n) is 2.01. The number of likely N-dealkylation sites (tertiary alicyclic amines) is 1. The molecule has 1 aliphatic heterocycles. The minimum absolute atomic E-state index is 0.0784. The van der Waals surface area contributed by atoms with Gasteiger partial charge < -0.3 is 10.0 Å². The van der Waals surface area contributed by atoms with Crippen molar-refractivity contribution in [2.75, 3.05) is 13.1 Å². The minimum Gasteiger partial charge on any atom is -0.393 e. The highest BCUT2D eigenvalue weighted by atomic mass is 16.3. The van der Waals surface area contributed by atoms with E-state index in [0.717, 1.165) is 13.0 Å². The van der Waals surface area contributed by atoms with Gasteiger partial charge in [0.15, 0.2) is 0 Å². The van der Waals surface area contributed by atoms with Crippen molar-refractivity contribution in [3.8, 4) is 0 Å². The smallest absolute Gasteiger partial charge is 0.225 e. The van der Waals surface area contributed by atoms with Gasteiger partial charge >= 0.3 is 0 Å². The summed E-state index contributed by atoms with van der Waals surface area (Å²) < 4.78 is 0. The highest BCUT2D eigenvalue weighted by Crippen LogP contribution is 2.12. The van der Waals surface area contributed by atoms with E-state index in [1.54, 1.807) is 0 Å². The molecule has 0 aromatic heterocycles. The highest BCUT2D eigenvalue weighted by Gasteiger charge is 2.23. The molecule has 1 amide bonds. The van der Waals surface area contributed by atoms with E-state index in [2.05, 4.69) is 12.1 Å². The fraction of sp³-hybridized carbons (Fsp3) is 0.462. The summed E-state index contributed by atoms with van der Waals surface area (Å²) in [7, 11) is 0. The van der Waals surface area contributed by atoms with E-state index in [0.29, 0.717) is 13.0 Å². The molecule has 1 aromatic carbocycles. The van der Waals surface area contributed by atoms with Crippen LogP contribution in [0.25, 0.3) is 0 Å². The molecule has 0 radical (unpaired) electrons. The van der Waals surface area contributed by atoms with E-state index < -0.39 is 6.10 Å². The van der Waals surface area contributed by atoms with Crippen LogP contribution in [-0.4, -0.2) is 35.1 Å². The maximum absolute atomic E-state index is 11.6. The zero-order chi connectivity index (χ0) is 11.4. The van der Waals surface area contributed by atoms with Crippen LogP contribution in [0.1, 0.15) is 18.4 Å². The number of benzene rings is 1. The molecule has 1 fully saturated rings. The third kappa shape index (κ3) is 2.83. The molecule has 0 aliphatic carbocycles. The van der Waals surface area contributed by atoms with Gasteiger partial charge in [0, 0.05) is 13.1 Å². The van der Waals surface area contributed by atoms with E-state index in [1.807, 2.05) is 23.1 Å². The Kier molecular flexibility index (Phi) is 3.57. The largest absolute Gasteiger partial charge is 0.393 e. The normalized spacial score (nSPS) is 21.2. The van der Waals surface area contributed by atoms with Gasteiger partial charge in [0.1, 0.15) is 0 Å². The zero-order valence-corrected chi connectivity index (χ0v) is 9.30. The van der Waals surface area contributed by atoms with Crippen LogP contribution in [-0.2, 0) is 11.2 Å². The second kappa shape index (κ2) is 5.12. The number of amides is 1. The SMILES string of the molecule is O=C1CC(O)CCN1CCc1ccccc1. The van der Waals surface area contributed by atoms with E-state index in [9.17, 15) is 9.90 Å². The van der Waals surface area contributed by atoms with Gasteiger partial charge in [-0.1, -0.05) is 30.3 Å². The van der Waals surface area contributed by atoms with Gasteiger partial charge in [-0.25, -0.2) is 0 Å². The minimum atomic E-state index is -0.430. The van der Waals surface area contributed by atoms with Crippen LogP contribution in [0.3, 0.4) is 0 Å². The monoisotopic (exact) mass is 219 g/mol. The summed E-state index contributed by atoms with van der Waals surface area (Å²) in [6, 6.07) is 10.2. The van der Waals surface area contributed by atoms with Crippen molar-refractivity contribution in [2.24, 2.45) is 0 Å². The third-order valence-electron chi connectivity index (χ3n) is 3.01. The standard InChI is InChI=1S/C13H17NO2/c15-12-7-9-14(13(16)10-12)8-6-11-4-2-1-3-5-11/h1-5,12,15H,6-10H2. The molecule has 16 heavy (non-hydrogen) atoms. The van der Waals surface area contributed by atoms with Crippen LogP contribution < -0.4 is 0 Å². The summed E-state index contributed by atoms with van der Waals surface area (Å²) in [6.07, 6.45) is 1.46. The van der Waals surface area contributed by atoms with Gasteiger partial charge in [0.05, 0.1) is 12.5 Å². The Morgan fingerprint density at radius 2 is 2.06 bits per heavy atom. The van der Waals surface area contributed by atoms with Crippen molar-refractivity contribution in [3.63, 3.8) is 0 Å². The molecule has 1 N–H and O–H groups in total. The molecule has 3 nitrogen and oxygen atoms in total. The molecule has 0 saturated carbocycles. The summed E-state index contributed by atoms with van der Waals surface area (Å²) in [5, 5.41) is 9.34. The molecule has 3 heteroatoms. The lowest BCUT2D eigenvalue weighted by Gasteiger charge is -2.29. The number of aliphatic hydroxyl groups excluding tert-OH is 1. The molecule has 1 heterocycles. The van der Waals surface area contributed by atoms with Gasteiger partial charge in [0.25, 0.3) is 0 Å². The molecule has 1 aliphatic rings. The quantitative estimate of drug-likeness (QED) is 0.830. The maximum Gasteiger partial charge on any atom is 0.225 e. The Morgan fingerprint density at radius 1 is 1.31 bits per heavy atom. The van der Waals surface area contributed by atoms with Crippen LogP contribution in [0.5, 0.6) is 0 Å². The van der Waals surface area contributed by atoms with Crippen LogP contribution >= 0.6 is 0 Å². The van der Waals surface area contributed by atoms with Crippen molar-refractivity contribution < 1.29 is 9.90 Å². The Labute approximate surface area is 95.7 Å². The van der Waals surface area contributed by atoms with Gasteiger partial charge in [-0.3, -0.25) is 4.79 Å². The lowest BCUT2D eigenvalue weighted by atomic mass is 10.1. The predicted octanol–water partition coefficient (Wildman–Crippen LogP) is 1.21. The molecule has 0 spiro atoms. The number of hydrogen-bond acceptors (Lipinski definition) is 2. The lowest BCUT2D eigenvalue weighted by Crippen LogP contribution is -2.41. The second-order valence-electron chi connectivity index (χ2n) is 4.26. The average molecular weight is 219 g/mol. The molecule has 1 unspecified atom stereocenters. The molecule has 2 rings (SSSR count). The van der Waals surface area contributed by atoms with E-state index >= 15 is 0 Å². The zero-order valence-electron chi connectivity index (χ0n) is 9.30. The molecular formula is C13H17NO2. The second-order valence-corrected chi connectivity index (χ2v) is 4.26. The number of rotatable bonds is 3. The average Bonchev–Trinajstić information content (AvgIpc) is 2.29. The first-order valence-corrected chi connectivity index (χ1v) is 5.75. The topological polar surface area (TPSA) is 40.5 Å². The van der Waals surface area contributed by atoms with E-state index in [4.69, 9.17) is 0 Å². The molecular weight excluding hydrogens is 202 g/mol. The van der Waals surface area contributed by atoms with E-state index in [-0.39, 0.29) is 12.3 Å². The highest BCUT2D eigenvalue weighted by molar-refractivity contribution is 5.77. The number of aliphatic hydroxyl groups is 1. The first-order chi connectivity index (χ1) is 7.75. The summed E-state index contributed by atoms with van der Waals surface area (Å²) in [5.41, 5.74) is 1.25. The number of carbonyl (C=O) groups excluding carboxylic acids is 1. The molecule has 1 atom stereocenters. The van der Waals surface area contributed by atoms with Gasteiger partial charge in [-0.15, -0.1) is 0 Å². The summed E-state index contributed by atoms with van der Waals surface area (Å²) in [6.45, 7) is 1.45. The molecule has 0 bridgehead atoms. The maximum atomic E-state index is 11.6. The van der Waals surface area contributed by atoms with Crippen molar-refractivity contribution in [2.45, 2.75) is 25.4 Å². The number of nitrogens with zero attached hydrogens (tertiary/aromatic N) is 1. The van der Waals surface area contributed by atoms with Gasteiger partial charge in [0.2, 0.25) is 5.91 Å². The number of piperidine rings is 1. The van der Waals surface area contributed by atoms with Crippen molar-refractivity contribution in [1.82, 2.24) is 4.90 Å². The lowest BCUT2D eigenvalue weighted by molar-refractivity contribution is -0.136. The third-order valence-corrected chi connectivity index (χ3v) is 3.01. The number of hydrogen-bond donors (Lipinski definition) is 1. The molecule has 1 aromatic rings. The summed E-state index contributed by atoms with van der Waals surface area (Å²) in [5.74, 6) is 0.0784. The van der Waals surface area contributed by atoms with Crippen LogP contribution in [0.15, 0.2) is 30.3 Å². The first-order valence-electron chi connectivity index (χ1n) is 5.75. The number of carbonyl (C=O) groups is 1. The molecule has 1 saturated heterocycles. The van der Waals surface area contributed by atoms with Gasteiger partial charge in [-0.05, 0) is 18.4 Å². The van der Waals surface area contributed by atoms with Gasteiger partial charge in [-0.2, -0.15) is 0 Å².